The summed E-state index contributed by atoms with van der Waals surface area (Å²) in [6.45, 7) is 3.77. The summed E-state index contributed by atoms with van der Waals surface area (Å²) < 4.78 is 13.7. The van der Waals surface area contributed by atoms with E-state index in [-0.39, 0.29) is 18.0 Å². The molecule has 110 valence electrons. The third-order valence-corrected chi connectivity index (χ3v) is 4.43. The summed E-state index contributed by atoms with van der Waals surface area (Å²) in [7, 11) is 0. The lowest BCUT2D eigenvalue weighted by atomic mass is 9.78. The number of rotatable bonds is 4. The van der Waals surface area contributed by atoms with Crippen LogP contribution >= 0.6 is 15.9 Å². The number of benzene rings is 2. The number of carbonyl (C=O) groups is 1. The van der Waals surface area contributed by atoms with Gasteiger partial charge in [-0.1, -0.05) is 34.1 Å². The van der Waals surface area contributed by atoms with Crippen molar-refractivity contribution >= 4 is 27.4 Å². The molecule has 0 unspecified atom stereocenters. The summed E-state index contributed by atoms with van der Waals surface area (Å²) in [5.74, 6) is -0.254. The van der Waals surface area contributed by atoms with Crippen molar-refractivity contribution in [3.05, 3.63) is 63.9 Å². The second-order valence-corrected chi connectivity index (χ2v) is 6.44. The predicted octanol–water partition coefficient (Wildman–Crippen LogP) is 4.26. The molecule has 2 aromatic carbocycles. The highest BCUT2D eigenvalue weighted by Crippen LogP contribution is 2.28. The van der Waals surface area contributed by atoms with Crippen molar-refractivity contribution in [2.24, 2.45) is 0 Å². The Labute approximate surface area is 132 Å². The summed E-state index contributed by atoms with van der Waals surface area (Å²) in [5.41, 5.74) is 7.42. The first kappa shape index (κ1) is 15.7. The largest absolute Gasteiger partial charge is 0.399 e. The highest BCUT2D eigenvalue weighted by molar-refractivity contribution is 9.10. The van der Waals surface area contributed by atoms with Crippen molar-refractivity contribution in [3.63, 3.8) is 0 Å². The van der Waals surface area contributed by atoms with Gasteiger partial charge in [0.15, 0.2) is 0 Å². The Bertz CT molecular complexity index is 665. The molecule has 21 heavy (non-hydrogen) atoms. The molecule has 0 aromatic heterocycles. The number of carbonyl (C=O) groups excluding carboxylic acids is 1. The summed E-state index contributed by atoms with van der Waals surface area (Å²) >= 11 is 3.30. The van der Waals surface area contributed by atoms with E-state index < -0.39 is 5.41 Å². The molecule has 0 aliphatic heterocycles. The van der Waals surface area contributed by atoms with Gasteiger partial charge in [0.1, 0.15) is 11.6 Å². The number of ketones is 1. The maximum absolute atomic E-state index is 13.1. The van der Waals surface area contributed by atoms with E-state index in [1.807, 2.05) is 26.0 Å². The minimum absolute atomic E-state index is 0.0691. The van der Waals surface area contributed by atoms with E-state index in [9.17, 15) is 9.18 Å². The van der Waals surface area contributed by atoms with E-state index in [1.54, 1.807) is 18.2 Å². The molecule has 0 spiro atoms. The Kier molecular flexibility index (Phi) is 4.47. The van der Waals surface area contributed by atoms with Crippen molar-refractivity contribution < 1.29 is 9.18 Å². The molecule has 0 bridgehead atoms. The molecule has 2 nitrogen and oxygen atoms in total. The first-order valence-electron chi connectivity index (χ1n) is 6.64. The molecular weight excluding hydrogens is 333 g/mol. The molecule has 0 saturated heterocycles. The van der Waals surface area contributed by atoms with Gasteiger partial charge in [-0.05, 0) is 49.2 Å². The zero-order valence-corrected chi connectivity index (χ0v) is 13.6. The zero-order chi connectivity index (χ0) is 15.6. The van der Waals surface area contributed by atoms with Crippen LogP contribution in [0.3, 0.4) is 0 Å². The normalized spacial score (nSPS) is 11.4. The number of Topliss-reactive ketones (excluding diaryl/α,β-unsaturated/α-hetero) is 1. The van der Waals surface area contributed by atoms with Crippen molar-refractivity contribution in [2.75, 3.05) is 5.73 Å². The maximum atomic E-state index is 13.1. The molecule has 4 heteroatoms. The fourth-order valence-electron chi connectivity index (χ4n) is 2.12. The maximum Gasteiger partial charge on any atom is 0.147 e. The number of nitrogen functional groups attached to an aromatic ring is 1. The van der Waals surface area contributed by atoms with E-state index in [2.05, 4.69) is 15.9 Å². The lowest BCUT2D eigenvalue weighted by Gasteiger charge is -2.24. The van der Waals surface area contributed by atoms with Crippen LogP contribution in [0.2, 0.25) is 0 Å². The number of nitrogens with two attached hydrogens (primary N) is 1. The van der Waals surface area contributed by atoms with Crippen LogP contribution in [0.5, 0.6) is 0 Å². The van der Waals surface area contributed by atoms with Crippen LogP contribution < -0.4 is 5.73 Å². The van der Waals surface area contributed by atoms with Gasteiger partial charge >= 0.3 is 0 Å². The fourth-order valence-corrected chi connectivity index (χ4v) is 2.61. The third kappa shape index (κ3) is 3.50. The summed E-state index contributed by atoms with van der Waals surface area (Å²) in [4.78, 5) is 12.6. The summed E-state index contributed by atoms with van der Waals surface area (Å²) in [6.07, 6.45) is 0.248. The first-order valence-corrected chi connectivity index (χ1v) is 7.43. The monoisotopic (exact) mass is 349 g/mol. The smallest absolute Gasteiger partial charge is 0.147 e. The average Bonchev–Trinajstić information content (AvgIpc) is 2.42. The highest BCUT2D eigenvalue weighted by atomic mass is 79.9. The van der Waals surface area contributed by atoms with Crippen LogP contribution in [-0.4, -0.2) is 5.78 Å². The zero-order valence-electron chi connectivity index (χ0n) is 12.0. The molecule has 0 aliphatic rings. The Morgan fingerprint density at radius 3 is 2.38 bits per heavy atom. The van der Waals surface area contributed by atoms with Gasteiger partial charge in [0.2, 0.25) is 0 Å². The van der Waals surface area contributed by atoms with E-state index in [0.29, 0.717) is 10.2 Å². The molecule has 2 rings (SSSR count). The van der Waals surface area contributed by atoms with Crippen LogP contribution in [0.4, 0.5) is 10.1 Å². The minimum Gasteiger partial charge on any atom is -0.399 e. The van der Waals surface area contributed by atoms with Gasteiger partial charge in [0.25, 0.3) is 0 Å². The van der Waals surface area contributed by atoms with Crippen molar-refractivity contribution in [1.29, 1.82) is 0 Å². The Morgan fingerprint density at radius 1 is 1.19 bits per heavy atom. The van der Waals surface area contributed by atoms with E-state index >= 15 is 0 Å². The van der Waals surface area contributed by atoms with E-state index in [0.717, 1.165) is 11.1 Å². The molecule has 0 saturated carbocycles. The standard InChI is InChI=1S/C17H17BrFNO/c1-17(2,12-4-7-14(20)8-5-12)16(21)9-11-3-6-13(19)10-15(11)18/h3-8,10H,9,20H2,1-2H3. The molecule has 2 aromatic rings. The van der Waals surface area contributed by atoms with Crippen LogP contribution in [0.1, 0.15) is 25.0 Å². The molecule has 0 heterocycles. The quantitative estimate of drug-likeness (QED) is 0.838. The van der Waals surface area contributed by atoms with Gasteiger partial charge in [-0.25, -0.2) is 4.39 Å². The lowest BCUT2D eigenvalue weighted by Crippen LogP contribution is -2.30. The number of halogens is 2. The average molecular weight is 350 g/mol. The fraction of sp³-hybridized carbons (Fsp3) is 0.235. The molecule has 2 N–H and O–H groups in total. The van der Waals surface area contributed by atoms with Crippen LogP contribution in [-0.2, 0) is 16.6 Å². The molecule has 0 amide bonds. The summed E-state index contributed by atoms with van der Waals surface area (Å²) in [5, 5.41) is 0. The van der Waals surface area contributed by atoms with Crippen LogP contribution in [0, 0.1) is 5.82 Å². The molecule has 0 aliphatic carbocycles. The Morgan fingerprint density at radius 2 is 1.81 bits per heavy atom. The lowest BCUT2D eigenvalue weighted by molar-refractivity contribution is -0.122. The first-order chi connectivity index (χ1) is 9.80. The second kappa shape index (κ2) is 5.98. The van der Waals surface area contributed by atoms with Crippen LogP contribution in [0.25, 0.3) is 0 Å². The number of anilines is 1. The third-order valence-electron chi connectivity index (χ3n) is 3.70. The molecular formula is C17H17BrFNO. The highest BCUT2D eigenvalue weighted by Gasteiger charge is 2.29. The molecule has 0 radical (unpaired) electrons. The topological polar surface area (TPSA) is 43.1 Å². The SMILES string of the molecule is CC(C)(C(=O)Cc1ccc(F)cc1Br)c1ccc(N)cc1. The van der Waals surface area contributed by atoms with Gasteiger partial charge in [0.05, 0.1) is 0 Å². The van der Waals surface area contributed by atoms with E-state index in [4.69, 9.17) is 5.73 Å². The second-order valence-electron chi connectivity index (χ2n) is 5.58. The van der Waals surface area contributed by atoms with E-state index in [1.165, 1.54) is 12.1 Å². The minimum atomic E-state index is -0.623. The van der Waals surface area contributed by atoms with Crippen molar-refractivity contribution in [2.45, 2.75) is 25.7 Å². The molecule has 0 atom stereocenters. The van der Waals surface area contributed by atoms with Gasteiger partial charge in [0, 0.05) is 22.0 Å². The van der Waals surface area contributed by atoms with Gasteiger partial charge < -0.3 is 5.73 Å². The van der Waals surface area contributed by atoms with Crippen LogP contribution in [0.15, 0.2) is 46.9 Å². The Hall–Kier alpha value is -1.68. The Balaban J connectivity index is 2.24. The summed E-state index contributed by atoms with van der Waals surface area (Å²) in [6, 6.07) is 11.7. The van der Waals surface area contributed by atoms with Gasteiger partial charge in [-0.2, -0.15) is 0 Å². The van der Waals surface area contributed by atoms with Gasteiger partial charge in [-0.3, -0.25) is 4.79 Å². The number of hydrogen-bond donors (Lipinski definition) is 1. The predicted molar refractivity (Wildman–Crippen MR) is 86.7 cm³/mol. The van der Waals surface area contributed by atoms with Gasteiger partial charge in [-0.15, -0.1) is 0 Å². The molecule has 0 fully saturated rings. The van der Waals surface area contributed by atoms with Crippen molar-refractivity contribution in [3.8, 4) is 0 Å². The van der Waals surface area contributed by atoms with Crippen molar-refractivity contribution in [1.82, 2.24) is 0 Å². The number of hydrogen-bond acceptors (Lipinski definition) is 2.